The zero-order valence-corrected chi connectivity index (χ0v) is 24.3. The number of carbonyl (C=O) groups is 3. The van der Waals surface area contributed by atoms with Crippen LogP contribution in [0.3, 0.4) is 0 Å². The minimum atomic E-state index is -0.439. The average Bonchev–Trinajstić information content (AvgIpc) is 3.73. The minimum Gasteiger partial charge on any atom is -0.445 e. The predicted molar refractivity (Wildman–Crippen MR) is 161 cm³/mol. The van der Waals surface area contributed by atoms with Gasteiger partial charge in [-0.15, -0.1) is 0 Å². The molecule has 3 heterocycles. The minimum absolute atomic E-state index is 0.0777. The van der Waals surface area contributed by atoms with Crippen LogP contribution in [0, 0.1) is 6.92 Å². The molecule has 2 amide bonds. The number of hydrogen-bond acceptors (Lipinski definition) is 5. The zero-order chi connectivity index (χ0) is 29.4. The Morgan fingerprint density at radius 3 is 2.38 bits per heavy atom. The van der Waals surface area contributed by atoms with Crippen LogP contribution in [0.4, 0.5) is 16.2 Å². The van der Waals surface area contributed by atoms with Crippen molar-refractivity contribution < 1.29 is 28.3 Å². The molecule has 3 fully saturated rings. The molecule has 0 aliphatic carbocycles. The molecule has 0 aromatic heterocycles. The Morgan fingerprint density at radius 1 is 0.952 bits per heavy atom. The Morgan fingerprint density at radius 2 is 1.69 bits per heavy atom. The number of anilines is 2. The first-order valence-corrected chi connectivity index (χ1v) is 14.7. The number of likely N-dealkylation sites (N-methyl/N-ethyl adjacent to an activating group) is 1. The highest BCUT2D eigenvalue weighted by Crippen LogP contribution is 2.51. The maximum atomic E-state index is 13.2. The first-order chi connectivity index (χ1) is 20.2. The third kappa shape index (κ3) is 5.69. The summed E-state index contributed by atoms with van der Waals surface area (Å²) >= 11 is 0. The van der Waals surface area contributed by atoms with E-state index in [0.717, 1.165) is 45.9 Å². The van der Waals surface area contributed by atoms with Gasteiger partial charge in [-0.1, -0.05) is 42.5 Å². The highest BCUT2D eigenvalue weighted by Gasteiger charge is 2.70. The SMILES string of the molecule is Cc1cc(C=O)ccc1NC(=O)CCCc1ccc(-c2ccccc2)c(NC(=O)OC2C[C@@H]3[C@H]4O[C@H]4[C@H](C2)[N+]3(C)C)c1. The molecule has 3 saturated heterocycles. The van der Waals surface area contributed by atoms with Gasteiger partial charge in [0.2, 0.25) is 5.91 Å². The number of benzene rings is 3. The van der Waals surface area contributed by atoms with Crippen molar-refractivity contribution in [1.29, 1.82) is 0 Å². The van der Waals surface area contributed by atoms with Gasteiger partial charge in [-0.2, -0.15) is 0 Å². The van der Waals surface area contributed by atoms with Gasteiger partial charge in [0.15, 0.2) is 0 Å². The number of aryl methyl sites for hydroxylation is 2. The molecule has 2 bridgehead atoms. The molecule has 5 atom stereocenters. The fraction of sp³-hybridized carbons (Fsp3) is 0.382. The Kier molecular flexibility index (Phi) is 7.60. The number of amides is 2. The van der Waals surface area contributed by atoms with Gasteiger partial charge in [-0.25, -0.2) is 4.79 Å². The molecule has 3 aromatic rings. The number of morpholine rings is 1. The first-order valence-electron chi connectivity index (χ1n) is 14.7. The maximum Gasteiger partial charge on any atom is 0.411 e. The van der Waals surface area contributed by atoms with E-state index in [4.69, 9.17) is 9.47 Å². The lowest BCUT2D eigenvalue weighted by molar-refractivity contribution is -0.938. The lowest BCUT2D eigenvalue weighted by Gasteiger charge is -2.45. The van der Waals surface area contributed by atoms with E-state index in [-0.39, 0.29) is 12.0 Å². The van der Waals surface area contributed by atoms with Gasteiger partial charge in [0.05, 0.1) is 19.8 Å². The monoisotopic (exact) mass is 568 g/mol. The number of fused-ring (bicyclic) bond motifs is 5. The van der Waals surface area contributed by atoms with Crippen LogP contribution < -0.4 is 10.6 Å². The summed E-state index contributed by atoms with van der Waals surface area (Å²) in [5, 5.41) is 5.97. The standard InChI is InChI=1S/C34H37N3O5/c1-21-16-23(20-38)13-15-27(21)35-31(39)11-7-8-22-12-14-26(24-9-5-4-6-10-24)28(17-22)36-34(40)41-25-18-29-32-33(42-32)30(19-25)37(29,2)3/h4-6,9-10,12-17,20,25,29-30,32-33H,7-8,11,18-19H2,1-3H3,(H-,35,36,38,39,40)/p+1/t25?,29-,30+,32-,33+. The second-order valence-corrected chi connectivity index (χ2v) is 12.3. The van der Waals surface area contributed by atoms with Gasteiger partial charge in [0.25, 0.3) is 0 Å². The fourth-order valence-corrected chi connectivity index (χ4v) is 6.88. The van der Waals surface area contributed by atoms with E-state index in [1.54, 1.807) is 18.2 Å². The Hall–Kier alpha value is -4.01. The lowest BCUT2D eigenvalue weighted by Crippen LogP contribution is -2.60. The van der Waals surface area contributed by atoms with Crippen molar-refractivity contribution in [2.45, 2.75) is 69.4 Å². The van der Waals surface area contributed by atoms with Gasteiger partial charge >= 0.3 is 6.09 Å². The van der Waals surface area contributed by atoms with Crippen molar-refractivity contribution >= 4 is 29.7 Å². The van der Waals surface area contributed by atoms with Crippen LogP contribution >= 0.6 is 0 Å². The third-order valence-electron chi connectivity index (χ3n) is 9.25. The van der Waals surface area contributed by atoms with Crippen molar-refractivity contribution in [3.05, 3.63) is 83.4 Å². The predicted octanol–water partition coefficient (Wildman–Crippen LogP) is 5.74. The largest absolute Gasteiger partial charge is 0.445 e. The molecule has 2 N–H and O–H groups in total. The van der Waals surface area contributed by atoms with E-state index in [1.807, 2.05) is 55.5 Å². The Labute approximate surface area is 246 Å². The quantitative estimate of drug-likeness (QED) is 0.195. The van der Waals surface area contributed by atoms with Crippen LogP contribution in [0.25, 0.3) is 11.1 Å². The van der Waals surface area contributed by atoms with Gasteiger partial charge in [-0.05, 0) is 60.7 Å². The number of nitrogens with one attached hydrogen (secondary N) is 2. The van der Waals surface area contributed by atoms with Crippen LogP contribution in [-0.2, 0) is 20.7 Å². The summed E-state index contributed by atoms with van der Waals surface area (Å²) in [7, 11) is 4.52. The second kappa shape index (κ2) is 11.3. The van der Waals surface area contributed by atoms with E-state index in [9.17, 15) is 14.4 Å². The molecule has 0 spiro atoms. The van der Waals surface area contributed by atoms with E-state index < -0.39 is 6.09 Å². The second-order valence-electron chi connectivity index (χ2n) is 12.3. The smallest absolute Gasteiger partial charge is 0.411 e. The topological polar surface area (TPSA) is 97.0 Å². The third-order valence-corrected chi connectivity index (χ3v) is 9.25. The Bertz CT molecular complexity index is 1480. The van der Waals surface area contributed by atoms with Crippen molar-refractivity contribution in [3.63, 3.8) is 0 Å². The number of epoxide rings is 1. The number of nitrogens with zero attached hydrogens (tertiary/aromatic N) is 1. The zero-order valence-electron chi connectivity index (χ0n) is 24.3. The number of rotatable bonds is 9. The molecule has 6 rings (SSSR count). The normalized spacial score (nSPS) is 24.8. The van der Waals surface area contributed by atoms with Crippen LogP contribution in [0.2, 0.25) is 0 Å². The highest BCUT2D eigenvalue weighted by molar-refractivity contribution is 5.93. The molecular formula is C34H38N3O5+. The molecule has 218 valence electrons. The highest BCUT2D eigenvalue weighted by atomic mass is 16.6. The van der Waals surface area contributed by atoms with Gasteiger partial charge in [0.1, 0.15) is 36.7 Å². The van der Waals surface area contributed by atoms with Gasteiger partial charge in [0, 0.05) is 36.1 Å². The summed E-state index contributed by atoms with van der Waals surface area (Å²) in [4.78, 5) is 36.7. The number of piperidine rings is 1. The lowest BCUT2D eigenvalue weighted by atomic mass is 9.96. The average molecular weight is 569 g/mol. The van der Waals surface area contributed by atoms with Crippen molar-refractivity contribution in [3.8, 4) is 11.1 Å². The van der Waals surface area contributed by atoms with Crippen molar-refractivity contribution in [2.24, 2.45) is 0 Å². The molecule has 3 aliphatic heterocycles. The molecule has 3 aromatic carbocycles. The van der Waals surface area contributed by atoms with Gasteiger partial charge in [-0.3, -0.25) is 14.9 Å². The number of quaternary nitrogens is 1. The Balaban J connectivity index is 1.09. The van der Waals surface area contributed by atoms with Crippen molar-refractivity contribution in [1.82, 2.24) is 0 Å². The number of aldehydes is 1. The number of ether oxygens (including phenoxy) is 2. The van der Waals surface area contributed by atoms with Crippen LogP contribution in [0.15, 0.2) is 66.7 Å². The maximum absolute atomic E-state index is 13.2. The summed E-state index contributed by atoms with van der Waals surface area (Å²) < 4.78 is 12.8. The summed E-state index contributed by atoms with van der Waals surface area (Å²) in [6.07, 6.45) is 4.14. The molecule has 8 heteroatoms. The van der Waals surface area contributed by atoms with Crippen LogP contribution in [0.1, 0.15) is 47.2 Å². The summed E-state index contributed by atoms with van der Waals surface area (Å²) in [5.41, 5.74) is 5.78. The van der Waals surface area contributed by atoms with E-state index in [1.165, 1.54) is 0 Å². The number of hydrogen-bond donors (Lipinski definition) is 2. The molecular weight excluding hydrogens is 530 g/mol. The summed E-state index contributed by atoms with van der Waals surface area (Å²) in [6.45, 7) is 1.87. The van der Waals surface area contributed by atoms with Crippen LogP contribution in [0.5, 0.6) is 0 Å². The first kappa shape index (κ1) is 28.1. The molecule has 3 aliphatic rings. The van der Waals surface area contributed by atoms with Crippen LogP contribution in [-0.4, -0.2) is 67.3 Å². The van der Waals surface area contributed by atoms with E-state index >= 15 is 0 Å². The van der Waals surface area contributed by atoms with Gasteiger partial charge < -0.3 is 19.3 Å². The molecule has 42 heavy (non-hydrogen) atoms. The summed E-state index contributed by atoms with van der Waals surface area (Å²) in [5.74, 6) is -0.0777. The molecule has 1 unspecified atom stereocenters. The van der Waals surface area contributed by atoms with E-state index in [0.29, 0.717) is 60.5 Å². The molecule has 0 saturated carbocycles. The van der Waals surface area contributed by atoms with E-state index in [2.05, 4.69) is 24.7 Å². The number of carbonyl (C=O) groups excluding carboxylic acids is 3. The molecule has 8 nitrogen and oxygen atoms in total. The van der Waals surface area contributed by atoms with Crippen molar-refractivity contribution in [2.75, 3.05) is 24.7 Å². The summed E-state index contributed by atoms with van der Waals surface area (Å²) in [6, 6.07) is 21.9. The molecule has 0 radical (unpaired) electrons. The fourth-order valence-electron chi connectivity index (χ4n) is 6.88.